The van der Waals surface area contributed by atoms with Crippen LogP contribution in [0, 0.1) is 0 Å². The van der Waals surface area contributed by atoms with Crippen molar-refractivity contribution in [2.75, 3.05) is 0 Å². The van der Waals surface area contributed by atoms with Gasteiger partial charge >= 0.3 is 217 Å². The Kier molecular flexibility index (Phi) is 11.1. The second-order valence-corrected chi connectivity index (χ2v) is 12.9. The van der Waals surface area contributed by atoms with Crippen molar-refractivity contribution >= 4 is 27.1 Å². The molecule has 0 saturated heterocycles. The SMILES string of the molecule is CC(C)(C)OC(=O)N[C@H](C[Se]C[C@H](Cc1ccccc1)NC(=O)OC(C)(C)C)Cc1ccccc1. The second-order valence-electron chi connectivity index (χ2n) is 10.6. The van der Waals surface area contributed by atoms with E-state index in [1.807, 2.05) is 77.9 Å². The fraction of sp³-hybridized carbons (Fsp3) is 0.500. The van der Waals surface area contributed by atoms with E-state index in [9.17, 15) is 9.59 Å². The molecule has 0 saturated carbocycles. The molecule has 2 rings (SSSR count). The molecule has 7 heteroatoms. The van der Waals surface area contributed by atoms with E-state index in [1.165, 1.54) is 0 Å². The van der Waals surface area contributed by atoms with Crippen LogP contribution in [0.3, 0.4) is 0 Å². The Bertz CT molecular complexity index is 833. The number of hydrogen-bond acceptors (Lipinski definition) is 4. The van der Waals surface area contributed by atoms with Crippen LogP contribution in [-0.2, 0) is 22.3 Å². The molecule has 2 amide bonds. The number of amides is 2. The third kappa shape index (κ3) is 13.2. The zero-order valence-electron chi connectivity index (χ0n) is 21.8. The molecule has 0 spiro atoms. The Hall–Kier alpha value is -2.50. The first-order valence-corrected chi connectivity index (χ1v) is 14.5. The van der Waals surface area contributed by atoms with Gasteiger partial charge in [-0.25, -0.2) is 0 Å². The number of ether oxygens (including phenoxy) is 2. The second kappa shape index (κ2) is 13.6. The Morgan fingerprint density at radius 3 is 1.34 bits per heavy atom. The van der Waals surface area contributed by atoms with Gasteiger partial charge in [-0.15, -0.1) is 0 Å². The molecular formula is C28H40N2O4Se. The maximum absolute atomic E-state index is 12.5. The van der Waals surface area contributed by atoms with Gasteiger partial charge in [0.15, 0.2) is 0 Å². The minimum atomic E-state index is -0.551. The molecule has 0 aliphatic heterocycles. The Labute approximate surface area is 216 Å². The van der Waals surface area contributed by atoms with Gasteiger partial charge in [-0.1, -0.05) is 0 Å². The molecule has 6 nitrogen and oxygen atoms in total. The monoisotopic (exact) mass is 548 g/mol. The fourth-order valence-corrected chi connectivity index (χ4v) is 5.73. The summed E-state index contributed by atoms with van der Waals surface area (Å²) in [5.41, 5.74) is 1.23. The van der Waals surface area contributed by atoms with Crippen LogP contribution < -0.4 is 10.6 Å². The van der Waals surface area contributed by atoms with E-state index in [0.29, 0.717) is 0 Å². The molecule has 0 aliphatic carbocycles. The van der Waals surface area contributed by atoms with E-state index in [4.69, 9.17) is 9.47 Å². The summed E-state index contributed by atoms with van der Waals surface area (Å²) < 4.78 is 11.0. The molecule has 2 N–H and O–H groups in total. The van der Waals surface area contributed by atoms with E-state index in [0.717, 1.165) is 34.6 Å². The van der Waals surface area contributed by atoms with Gasteiger partial charge in [-0.2, -0.15) is 0 Å². The van der Waals surface area contributed by atoms with Crippen LogP contribution in [0.15, 0.2) is 60.7 Å². The van der Waals surface area contributed by atoms with Crippen molar-refractivity contribution in [3.05, 3.63) is 71.8 Å². The summed E-state index contributed by atoms with van der Waals surface area (Å²) in [5, 5.41) is 7.76. The van der Waals surface area contributed by atoms with Crippen molar-refractivity contribution in [2.24, 2.45) is 0 Å². The van der Waals surface area contributed by atoms with Crippen LogP contribution in [0.2, 0.25) is 10.6 Å². The summed E-state index contributed by atoms with van der Waals surface area (Å²) >= 11 is 0.170. The summed E-state index contributed by atoms with van der Waals surface area (Å²) in [4.78, 5) is 25.0. The number of carbonyl (C=O) groups excluding carboxylic acids is 2. The van der Waals surface area contributed by atoms with Crippen molar-refractivity contribution in [3.63, 3.8) is 0 Å². The molecule has 0 aliphatic rings. The standard InChI is InChI=1S/C28H40N2O4Se/c1-27(2,3)33-25(31)29-23(17-21-13-9-7-10-14-21)19-35-20-24(18-22-15-11-8-12-16-22)30-26(32)34-28(4,5)6/h7-16,23-24H,17-20H2,1-6H3,(H,29,31)(H,30,32)/t23-,24-/m0/s1. The van der Waals surface area contributed by atoms with Crippen molar-refractivity contribution in [1.29, 1.82) is 0 Å². The Morgan fingerprint density at radius 1 is 0.686 bits per heavy atom. The number of nitrogens with one attached hydrogen (secondary N) is 2. The van der Waals surface area contributed by atoms with Crippen LogP contribution in [0.25, 0.3) is 0 Å². The van der Waals surface area contributed by atoms with E-state index in [2.05, 4.69) is 34.9 Å². The van der Waals surface area contributed by atoms with Gasteiger partial charge in [0.2, 0.25) is 0 Å². The first-order valence-electron chi connectivity index (χ1n) is 12.0. The third-order valence-electron chi connectivity index (χ3n) is 4.73. The van der Waals surface area contributed by atoms with Gasteiger partial charge in [0, 0.05) is 0 Å². The molecule has 2 atom stereocenters. The maximum atomic E-state index is 12.5. The van der Waals surface area contributed by atoms with Crippen molar-refractivity contribution in [3.8, 4) is 0 Å². The Morgan fingerprint density at radius 2 is 1.03 bits per heavy atom. The Balaban J connectivity index is 2.03. The normalized spacial score (nSPS) is 13.4. The molecule has 0 unspecified atom stereocenters. The van der Waals surface area contributed by atoms with Gasteiger partial charge in [-0.05, 0) is 0 Å². The summed E-state index contributed by atoms with van der Waals surface area (Å²) in [6.45, 7) is 11.2. The van der Waals surface area contributed by atoms with Crippen molar-refractivity contribution in [1.82, 2.24) is 10.6 Å². The molecule has 0 fully saturated rings. The zero-order chi connectivity index (χ0) is 25.9. The predicted octanol–water partition coefficient (Wildman–Crippen LogP) is 5.80. The first-order chi connectivity index (χ1) is 16.4. The number of carbonyl (C=O) groups is 2. The average Bonchev–Trinajstić information content (AvgIpc) is 2.72. The molecule has 0 bridgehead atoms. The first kappa shape index (κ1) is 28.7. The van der Waals surface area contributed by atoms with Crippen molar-refractivity contribution < 1.29 is 19.1 Å². The van der Waals surface area contributed by atoms with Gasteiger partial charge in [0.25, 0.3) is 0 Å². The van der Waals surface area contributed by atoms with E-state index >= 15 is 0 Å². The van der Waals surface area contributed by atoms with Gasteiger partial charge in [0.05, 0.1) is 0 Å². The summed E-state index contributed by atoms with van der Waals surface area (Å²) in [7, 11) is 0. The van der Waals surface area contributed by atoms with E-state index in [-0.39, 0.29) is 27.0 Å². The van der Waals surface area contributed by atoms with Gasteiger partial charge < -0.3 is 0 Å². The molecule has 0 heterocycles. The summed E-state index contributed by atoms with van der Waals surface area (Å²) in [5.74, 6) is 0. The fourth-order valence-electron chi connectivity index (χ4n) is 3.40. The quantitative estimate of drug-likeness (QED) is 0.369. The van der Waals surface area contributed by atoms with Gasteiger partial charge in [0.1, 0.15) is 0 Å². The molecular weight excluding hydrogens is 507 g/mol. The summed E-state index contributed by atoms with van der Waals surface area (Å²) in [6, 6.07) is 20.2. The van der Waals surface area contributed by atoms with E-state index in [1.54, 1.807) is 0 Å². The number of rotatable bonds is 10. The molecule has 0 aromatic heterocycles. The van der Waals surface area contributed by atoms with Crippen LogP contribution in [0.1, 0.15) is 52.7 Å². The molecule has 2 aromatic rings. The molecule has 2 aromatic carbocycles. The zero-order valence-corrected chi connectivity index (χ0v) is 23.5. The van der Waals surface area contributed by atoms with Crippen molar-refractivity contribution in [2.45, 2.75) is 88.3 Å². The van der Waals surface area contributed by atoms with Crippen LogP contribution in [0.5, 0.6) is 0 Å². The average molecular weight is 548 g/mol. The van der Waals surface area contributed by atoms with Crippen LogP contribution in [0.4, 0.5) is 9.59 Å². The van der Waals surface area contributed by atoms with E-state index < -0.39 is 23.4 Å². The number of alkyl carbamates (subject to hydrolysis) is 2. The third-order valence-corrected chi connectivity index (χ3v) is 7.41. The number of hydrogen-bond donors (Lipinski definition) is 2. The summed E-state index contributed by atoms with van der Waals surface area (Å²) in [6.07, 6.45) is 0.652. The minimum absolute atomic E-state index is 0.0499. The van der Waals surface area contributed by atoms with Gasteiger partial charge in [-0.3, -0.25) is 0 Å². The molecule has 192 valence electrons. The number of benzene rings is 2. The van der Waals surface area contributed by atoms with Crippen LogP contribution >= 0.6 is 0 Å². The molecule has 35 heavy (non-hydrogen) atoms. The van der Waals surface area contributed by atoms with Crippen LogP contribution in [-0.4, -0.2) is 50.4 Å². The topological polar surface area (TPSA) is 76.7 Å². The predicted molar refractivity (Wildman–Crippen MR) is 142 cm³/mol. The molecule has 0 radical (unpaired) electrons.